The maximum absolute atomic E-state index is 11.6. The van der Waals surface area contributed by atoms with Crippen molar-refractivity contribution in [2.45, 2.75) is 12.8 Å². The second-order valence-corrected chi connectivity index (χ2v) is 5.48. The van der Waals surface area contributed by atoms with Crippen LogP contribution in [0.3, 0.4) is 0 Å². The van der Waals surface area contributed by atoms with Crippen LogP contribution in [0.15, 0.2) is 28.7 Å². The van der Waals surface area contributed by atoms with E-state index >= 15 is 0 Å². The molecular weight excluding hydrogens is 292 g/mol. The average Bonchev–Trinajstić information content (AvgIpc) is 2.87. The second kappa shape index (κ2) is 7.68. The van der Waals surface area contributed by atoms with E-state index in [4.69, 9.17) is 9.52 Å². The highest BCUT2D eigenvalue weighted by Crippen LogP contribution is 2.15. The Labute approximate surface area is 125 Å². The molecule has 1 amide bonds. The number of aliphatic carboxylic acids is 1. The Kier molecular flexibility index (Phi) is 5.62. The van der Waals surface area contributed by atoms with E-state index in [2.05, 4.69) is 10.3 Å². The van der Waals surface area contributed by atoms with Gasteiger partial charge in [0.25, 0.3) is 0 Å². The fraction of sp³-hybridized carbons (Fsp3) is 0.357. The Bertz CT molecular complexity index is 593. The van der Waals surface area contributed by atoms with Crippen LogP contribution in [0.2, 0.25) is 0 Å². The summed E-state index contributed by atoms with van der Waals surface area (Å²) < 4.78 is 5.53. The minimum atomic E-state index is -0.845. The number of para-hydroxylation sites is 2. The normalized spacial score (nSPS) is 10.7. The van der Waals surface area contributed by atoms with Crippen LogP contribution >= 0.6 is 11.8 Å². The number of nitrogens with one attached hydrogen (secondary N) is 1. The molecule has 0 aliphatic carbocycles. The smallest absolute Gasteiger partial charge is 0.313 e. The minimum Gasteiger partial charge on any atom is -0.481 e. The third-order valence-corrected chi connectivity index (χ3v) is 3.64. The molecule has 2 rings (SSSR count). The van der Waals surface area contributed by atoms with Gasteiger partial charge in [0.2, 0.25) is 5.91 Å². The maximum Gasteiger partial charge on any atom is 0.313 e. The monoisotopic (exact) mass is 308 g/mol. The van der Waals surface area contributed by atoms with E-state index in [9.17, 15) is 9.59 Å². The van der Waals surface area contributed by atoms with Crippen LogP contribution in [0.5, 0.6) is 0 Å². The zero-order valence-corrected chi connectivity index (χ0v) is 12.2. The number of thioether (sulfide) groups is 1. The van der Waals surface area contributed by atoms with E-state index in [0.29, 0.717) is 31.0 Å². The molecule has 1 aromatic heterocycles. The van der Waals surface area contributed by atoms with Gasteiger partial charge in [0.1, 0.15) is 5.52 Å². The van der Waals surface area contributed by atoms with Crippen LogP contribution in [0.4, 0.5) is 0 Å². The molecule has 0 radical (unpaired) electrons. The Hall–Kier alpha value is -2.02. The minimum absolute atomic E-state index is 0.0543. The van der Waals surface area contributed by atoms with Crippen molar-refractivity contribution in [3.8, 4) is 0 Å². The highest BCUT2D eigenvalue weighted by atomic mass is 32.2. The molecule has 112 valence electrons. The number of carbonyl (C=O) groups is 2. The summed E-state index contributed by atoms with van der Waals surface area (Å²) in [4.78, 5) is 26.2. The molecular formula is C14H16N2O4S. The number of fused-ring (bicyclic) bond motifs is 1. The number of benzene rings is 1. The third kappa shape index (κ3) is 5.11. The van der Waals surface area contributed by atoms with E-state index in [-0.39, 0.29) is 11.7 Å². The number of aryl methyl sites for hydroxylation is 1. The van der Waals surface area contributed by atoms with Crippen molar-refractivity contribution in [1.82, 2.24) is 10.3 Å². The van der Waals surface area contributed by atoms with Gasteiger partial charge in [0, 0.05) is 25.1 Å². The molecule has 0 aliphatic rings. The van der Waals surface area contributed by atoms with E-state index in [1.54, 1.807) is 0 Å². The first-order valence-corrected chi connectivity index (χ1v) is 7.71. The van der Waals surface area contributed by atoms with Gasteiger partial charge in [0.05, 0.1) is 5.75 Å². The fourth-order valence-electron chi connectivity index (χ4n) is 1.76. The molecule has 2 aromatic rings. The van der Waals surface area contributed by atoms with Crippen LogP contribution in [-0.4, -0.2) is 40.0 Å². The van der Waals surface area contributed by atoms with E-state index in [1.165, 1.54) is 11.8 Å². The van der Waals surface area contributed by atoms with E-state index in [0.717, 1.165) is 11.1 Å². The third-order valence-electron chi connectivity index (χ3n) is 2.70. The molecule has 1 aromatic carbocycles. The summed E-state index contributed by atoms with van der Waals surface area (Å²) >= 11 is 1.28. The van der Waals surface area contributed by atoms with Crippen molar-refractivity contribution < 1.29 is 19.1 Å². The van der Waals surface area contributed by atoms with Crippen LogP contribution in [0, 0.1) is 0 Å². The molecule has 0 saturated heterocycles. The van der Waals surface area contributed by atoms with Gasteiger partial charge in [-0.2, -0.15) is 0 Å². The van der Waals surface area contributed by atoms with Crippen LogP contribution in [-0.2, 0) is 16.0 Å². The number of nitrogens with zero attached hydrogens (tertiary/aromatic N) is 1. The predicted molar refractivity (Wildman–Crippen MR) is 80.3 cm³/mol. The number of carboxylic acids is 1. The van der Waals surface area contributed by atoms with Gasteiger partial charge in [0.15, 0.2) is 11.5 Å². The lowest BCUT2D eigenvalue weighted by Gasteiger charge is -2.03. The van der Waals surface area contributed by atoms with Crippen LogP contribution < -0.4 is 5.32 Å². The van der Waals surface area contributed by atoms with E-state index < -0.39 is 5.97 Å². The molecule has 0 bridgehead atoms. The maximum atomic E-state index is 11.6. The number of oxazole rings is 1. The molecule has 0 saturated carbocycles. The Morgan fingerprint density at radius 3 is 2.90 bits per heavy atom. The second-order valence-electron chi connectivity index (χ2n) is 4.37. The summed E-state index contributed by atoms with van der Waals surface area (Å²) in [6.07, 6.45) is 0.749. The molecule has 0 fully saturated rings. The summed E-state index contributed by atoms with van der Waals surface area (Å²) in [6.45, 7) is 0.463. The number of carboxylic acid groups (broad SMARTS) is 1. The van der Waals surface area contributed by atoms with Gasteiger partial charge < -0.3 is 14.8 Å². The van der Waals surface area contributed by atoms with Crippen molar-refractivity contribution in [1.29, 1.82) is 0 Å². The number of aromatic nitrogens is 1. The molecule has 0 atom stereocenters. The largest absolute Gasteiger partial charge is 0.481 e. The summed E-state index contributed by atoms with van der Waals surface area (Å²) in [5, 5.41) is 11.2. The average molecular weight is 308 g/mol. The first kappa shape index (κ1) is 15.4. The Morgan fingerprint density at radius 2 is 2.14 bits per heavy atom. The summed E-state index contributed by atoms with van der Waals surface area (Å²) in [5.41, 5.74) is 1.51. The number of amides is 1. The lowest BCUT2D eigenvalue weighted by Crippen LogP contribution is -2.26. The molecule has 21 heavy (non-hydrogen) atoms. The standard InChI is InChI=1S/C14H16N2O4S/c17-12(15-7-8-21-9-14(18)19)5-6-13-16-10-3-1-2-4-11(10)20-13/h1-4H,5-9H2,(H,15,17)(H,18,19). The predicted octanol–water partition coefficient (Wildman–Crippen LogP) is 1.69. The number of carbonyl (C=O) groups excluding carboxylic acids is 1. The van der Waals surface area contributed by atoms with E-state index in [1.807, 2.05) is 24.3 Å². The molecule has 1 heterocycles. The first-order valence-electron chi connectivity index (χ1n) is 6.56. The summed E-state index contributed by atoms with van der Waals surface area (Å²) in [7, 11) is 0. The van der Waals surface area contributed by atoms with Crippen LogP contribution in [0.1, 0.15) is 12.3 Å². The van der Waals surface area contributed by atoms with Gasteiger partial charge in [-0.15, -0.1) is 11.8 Å². The highest BCUT2D eigenvalue weighted by Gasteiger charge is 2.08. The first-order chi connectivity index (χ1) is 10.1. The van der Waals surface area contributed by atoms with Crippen LogP contribution in [0.25, 0.3) is 11.1 Å². The Morgan fingerprint density at radius 1 is 1.33 bits per heavy atom. The topological polar surface area (TPSA) is 92.4 Å². The summed E-state index contributed by atoms with van der Waals surface area (Å²) in [6, 6.07) is 7.46. The Balaban J connectivity index is 1.67. The molecule has 2 N–H and O–H groups in total. The fourth-order valence-corrected chi connectivity index (χ4v) is 2.32. The van der Waals surface area contributed by atoms with Gasteiger partial charge in [-0.3, -0.25) is 9.59 Å². The van der Waals surface area contributed by atoms with Crippen molar-refractivity contribution in [2.24, 2.45) is 0 Å². The van der Waals surface area contributed by atoms with Crippen molar-refractivity contribution in [2.75, 3.05) is 18.1 Å². The van der Waals surface area contributed by atoms with Gasteiger partial charge in [-0.05, 0) is 12.1 Å². The highest BCUT2D eigenvalue weighted by molar-refractivity contribution is 7.99. The number of hydrogen-bond donors (Lipinski definition) is 2. The quantitative estimate of drug-likeness (QED) is 0.721. The summed E-state index contributed by atoms with van der Waals surface area (Å²) in [5.74, 6) is 0.252. The molecule has 7 heteroatoms. The van der Waals surface area contributed by atoms with Gasteiger partial charge >= 0.3 is 5.97 Å². The SMILES string of the molecule is O=C(O)CSCCNC(=O)CCc1nc2ccccc2o1. The zero-order valence-electron chi connectivity index (χ0n) is 11.4. The number of rotatable bonds is 8. The van der Waals surface area contributed by atoms with Crippen molar-refractivity contribution >= 4 is 34.7 Å². The van der Waals surface area contributed by atoms with Crippen molar-refractivity contribution in [3.05, 3.63) is 30.2 Å². The van der Waals surface area contributed by atoms with Gasteiger partial charge in [-0.1, -0.05) is 12.1 Å². The molecule has 6 nitrogen and oxygen atoms in total. The number of hydrogen-bond acceptors (Lipinski definition) is 5. The zero-order chi connectivity index (χ0) is 15.1. The van der Waals surface area contributed by atoms with Gasteiger partial charge in [-0.25, -0.2) is 4.98 Å². The van der Waals surface area contributed by atoms with Crippen molar-refractivity contribution in [3.63, 3.8) is 0 Å². The molecule has 0 unspecified atom stereocenters. The lowest BCUT2D eigenvalue weighted by atomic mass is 10.3. The lowest BCUT2D eigenvalue weighted by molar-refractivity contribution is -0.133. The molecule has 0 aliphatic heterocycles. The molecule has 0 spiro atoms.